The van der Waals surface area contributed by atoms with Crippen molar-refractivity contribution in [1.29, 1.82) is 0 Å². The van der Waals surface area contributed by atoms with E-state index < -0.39 is 11.8 Å². The molecular formula is C19H19FN2O3. The summed E-state index contributed by atoms with van der Waals surface area (Å²) in [6, 6.07) is 10.8. The highest BCUT2D eigenvalue weighted by atomic mass is 19.1. The summed E-state index contributed by atoms with van der Waals surface area (Å²) < 4.78 is 18.6. The Hall–Kier alpha value is -3.04. The summed E-state index contributed by atoms with van der Waals surface area (Å²) in [6.07, 6.45) is 5.76. The van der Waals surface area contributed by atoms with Gasteiger partial charge in [0.2, 0.25) is 0 Å². The van der Waals surface area contributed by atoms with Crippen LogP contribution >= 0.6 is 0 Å². The molecule has 5 nitrogen and oxygen atoms in total. The fourth-order valence-electron chi connectivity index (χ4n) is 2.14. The van der Waals surface area contributed by atoms with E-state index in [1.165, 1.54) is 18.2 Å². The molecule has 0 aliphatic rings. The Morgan fingerprint density at radius 2 is 1.92 bits per heavy atom. The van der Waals surface area contributed by atoms with Crippen molar-refractivity contribution in [2.24, 2.45) is 0 Å². The zero-order valence-electron chi connectivity index (χ0n) is 13.6. The molecule has 0 fully saturated rings. The minimum absolute atomic E-state index is 0.00134. The van der Waals surface area contributed by atoms with Crippen LogP contribution in [0.15, 0.2) is 42.5 Å². The number of hydrogen-bond acceptors (Lipinski definition) is 3. The van der Waals surface area contributed by atoms with Crippen LogP contribution in [0.3, 0.4) is 0 Å². The van der Waals surface area contributed by atoms with Crippen LogP contribution in [0.2, 0.25) is 0 Å². The Balaban J connectivity index is 1.87. The second-order valence-electron chi connectivity index (χ2n) is 5.24. The number of anilines is 1. The van der Waals surface area contributed by atoms with E-state index in [0.717, 1.165) is 11.1 Å². The highest BCUT2D eigenvalue weighted by molar-refractivity contribution is 5.90. The molecule has 2 aromatic carbocycles. The summed E-state index contributed by atoms with van der Waals surface area (Å²) in [5, 5.41) is 14.2. The van der Waals surface area contributed by atoms with Gasteiger partial charge in [-0.2, -0.15) is 0 Å². The van der Waals surface area contributed by atoms with Crippen LogP contribution in [0.25, 0.3) is 0 Å². The van der Waals surface area contributed by atoms with Crippen LogP contribution in [-0.2, 0) is 13.0 Å². The minimum Gasteiger partial charge on any atom is -0.479 e. The monoisotopic (exact) mass is 342 g/mol. The highest BCUT2D eigenvalue weighted by Crippen LogP contribution is 2.25. The molecule has 0 spiro atoms. The van der Waals surface area contributed by atoms with Gasteiger partial charge in [0.1, 0.15) is 18.2 Å². The molecule has 130 valence electrons. The Labute approximate surface area is 145 Å². The minimum atomic E-state index is -0.493. The third kappa shape index (κ3) is 5.83. The van der Waals surface area contributed by atoms with Crippen molar-refractivity contribution in [3.63, 3.8) is 0 Å². The van der Waals surface area contributed by atoms with E-state index >= 15 is 0 Å². The van der Waals surface area contributed by atoms with E-state index in [-0.39, 0.29) is 18.9 Å². The molecule has 2 aromatic rings. The average Bonchev–Trinajstić information content (AvgIpc) is 2.61. The first-order valence-corrected chi connectivity index (χ1v) is 7.71. The smallest absolute Gasteiger partial charge is 0.319 e. The number of rotatable bonds is 7. The van der Waals surface area contributed by atoms with Gasteiger partial charge in [0.15, 0.2) is 0 Å². The second kappa shape index (κ2) is 9.30. The van der Waals surface area contributed by atoms with Gasteiger partial charge < -0.3 is 20.5 Å². The van der Waals surface area contributed by atoms with E-state index in [4.69, 9.17) is 16.3 Å². The largest absolute Gasteiger partial charge is 0.479 e. The zero-order chi connectivity index (χ0) is 18.1. The van der Waals surface area contributed by atoms with Gasteiger partial charge in [-0.05, 0) is 29.7 Å². The normalized spacial score (nSPS) is 9.96. The number of carbonyl (C=O) groups is 1. The summed E-state index contributed by atoms with van der Waals surface area (Å²) in [4.78, 5) is 12.0. The number of ether oxygens (including phenoxy) is 1. The predicted molar refractivity (Wildman–Crippen MR) is 93.8 cm³/mol. The molecule has 0 bridgehead atoms. The van der Waals surface area contributed by atoms with Gasteiger partial charge in [-0.1, -0.05) is 30.2 Å². The maximum atomic E-state index is 13.4. The number of urea groups is 1. The molecule has 6 heteroatoms. The van der Waals surface area contributed by atoms with Crippen LogP contribution in [-0.4, -0.2) is 24.3 Å². The van der Waals surface area contributed by atoms with E-state index in [1.807, 2.05) is 24.3 Å². The van der Waals surface area contributed by atoms with Gasteiger partial charge in [0.25, 0.3) is 0 Å². The van der Waals surface area contributed by atoms with Crippen molar-refractivity contribution < 1.29 is 19.0 Å². The first kappa shape index (κ1) is 18.3. The molecular weight excluding hydrogens is 323 g/mol. The van der Waals surface area contributed by atoms with Crippen LogP contribution in [0.5, 0.6) is 5.75 Å². The third-order valence-electron chi connectivity index (χ3n) is 3.41. The number of hydrogen-bond donors (Lipinski definition) is 3. The SMILES string of the molecule is C#CCOc1ccc(F)cc1NC(=O)NCCc1ccc(CO)cc1. The number of aliphatic hydroxyl groups is 1. The molecule has 2 amide bonds. The molecule has 0 atom stereocenters. The van der Waals surface area contributed by atoms with Crippen LogP contribution < -0.4 is 15.4 Å². The number of amides is 2. The molecule has 0 aliphatic carbocycles. The Morgan fingerprint density at radius 1 is 1.20 bits per heavy atom. The third-order valence-corrected chi connectivity index (χ3v) is 3.41. The Bertz CT molecular complexity index is 754. The second-order valence-corrected chi connectivity index (χ2v) is 5.24. The number of terminal acetylenes is 1. The first-order chi connectivity index (χ1) is 12.1. The van der Waals surface area contributed by atoms with Gasteiger partial charge in [-0.15, -0.1) is 6.42 Å². The van der Waals surface area contributed by atoms with Gasteiger partial charge >= 0.3 is 6.03 Å². The molecule has 0 radical (unpaired) electrons. The van der Waals surface area contributed by atoms with Crippen molar-refractivity contribution in [3.8, 4) is 18.1 Å². The van der Waals surface area contributed by atoms with E-state index in [9.17, 15) is 9.18 Å². The van der Waals surface area contributed by atoms with Crippen LogP contribution in [0, 0.1) is 18.2 Å². The molecule has 0 heterocycles. The topological polar surface area (TPSA) is 70.6 Å². The fourth-order valence-corrected chi connectivity index (χ4v) is 2.14. The lowest BCUT2D eigenvalue weighted by atomic mass is 10.1. The molecule has 3 N–H and O–H groups in total. The summed E-state index contributed by atoms with van der Waals surface area (Å²) in [6.45, 7) is 0.421. The summed E-state index contributed by atoms with van der Waals surface area (Å²) >= 11 is 0. The molecule has 0 unspecified atom stereocenters. The molecule has 2 rings (SSSR count). The Kier molecular flexibility index (Phi) is 6.81. The number of carbonyl (C=O) groups excluding carboxylic acids is 1. The quantitative estimate of drug-likeness (QED) is 0.678. The molecule has 0 saturated heterocycles. The van der Waals surface area contributed by atoms with Crippen molar-refractivity contribution >= 4 is 11.7 Å². The van der Waals surface area contributed by atoms with Crippen LogP contribution in [0.4, 0.5) is 14.9 Å². The molecule has 0 aliphatic heterocycles. The van der Waals surface area contributed by atoms with Crippen molar-refractivity contribution in [1.82, 2.24) is 5.32 Å². The lowest BCUT2D eigenvalue weighted by molar-refractivity contribution is 0.252. The maximum Gasteiger partial charge on any atom is 0.319 e. The molecule has 0 saturated carbocycles. The molecule has 25 heavy (non-hydrogen) atoms. The summed E-state index contributed by atoms with van der Waals surface area (Å²) in [7, 11) is 0. The Morgan fingerprint density at radius 3 is 2.60 bits per heavy atom. The van der Waals surface area contributed by atoms with Crippen molar-refractivity contribution in [2.75, 3.05) is 18.5 Å². The summed E-state index contributed by atoms with van der Waals surface area (Å²) in [5.74, 6) is 2.12. The highest BCUT2D eigenvalue weighted by Gasteiger charge is 2.09. The van der Waals surface area contributed by atoms with Gasteiger partial charge in [0.05, 0.1) is 12.3 Å². The zero-order valence-corrected chi connectivity index (χ0v) is 13.6. The van der Waals surface area contributed by atoms with E-state index in [1.54, 1.807) is 0 Å². The first-order valence-electron chi connectivity index (χ1n) is 7.71. The van der Waals surface area contributed by atoms with Gasteiger partial charge in [-0.25, -0.2) is 9.18 Å². The van der Waals surface area contributed by atoms with E-state index in [0.29, 0.717) is 18.7 Å². The number of halogens is 1. The number of nitrogens with one attached hydrogen (secondary N) is 2. The molecule has 0 aromatic heterocycles. The van der Waals surface area contributed by atoms with Crippen LogP contribution in [0.1, 0.15) is 11.1 Å². The number of benzene rings is 2. The average molecular weight is 342 g/mol. The number of aliphatic hydroxyl groups excluding tert-OH is 1. The van der Waals surface area contributed by atoms with Crippen molar-refractivity contribution in [3.05, 3.63) is 59.4 Å². The van der Waals surface area contributed by atoms with Gasteiger partial charge in [-0.3, -0.25) is 0 Å². The lowest BCUT2D eigenvalue weighted by Crippen LogP contribution is -2.30. The van der Waals surface area contributed by atoms with Crippen molar-refractivity contribution in [2.45, 2.75) is 13.0 Å². The summed E-state index contributed by atoms with van der Waals surface area (Å²) in [5.41, 5.74) is 2.07. The fraction of sp³-hybridized carbons (Fsp3) is 0.211. The predicted octanol–water partition coefficient (Wildman–Crippen LogP) is 2.69. The standard InChI is InChI=1S/C19H19FN2O3/c1-2-11-25-18-8-7-16(20)12-17(18)22-19(24)21-10-9-14-3-5-15(13-23)6-4-14/h1,3-8,12,23H,9-11,13H2,(H2,21,22,24). The van der Waals surface area contributed by atoms with Gasteiger partial charge in [0, 0.05) is 12.6 Å². The maximum absolute atomic E-state index is 13.4. The van der Waals surface area contributed by atoms with E-state index in [2.05, 4.69) is 16.6 Å². The lowest BCUT2D eigenvalue weighted by Gasteiger charge is -2.12.